The zero-order valence-corrected chi connectivity index (χ0v) is 13.8. The predicted octanol–water partition coefficient (Wildman–Crippen LogP) is 2.80. The van der Waals surface area contributed by atoms with Gasteiger partial charge in [-0.2, -0.15) is 0 Å². The van der Waals surface area contributed by atoms with Crippen LogP contribution in [-0.4, -0.2) is 18.2 Å². The predicted molar refractivity (Wildman–Crippen MR) is 84.7 cm³/mol. The first-order valence-corrected chi connectivity index (χ1v) is 8.00. The summed E-state index contributed by atoms with van der Waals surface area (Å²) in [5.41, 5.74) is 5.72. The van der Waals surface area contributed by atoms with Crippen molar-refractivity contribution in [1.82, 2.24) is 0 Å². The van der Waals surface area contributed by atoms with E-state index < -0.39 is 12.3 Å². The van der Waals surface area contributed by atoms with E-state index in [1.54, 1.807) is 13.0 Å². The van der Waals surface area contributed by atoms with Crippen LogP contribution in [0, 0.1) is 19.8 Å². The summed E-state index contributed by atoms with van der Waals surface area (Å²) in [5.74, 6) is -0.804. The van der Waals surface area contributed by atoms with Gasteiger partial charge in [0.2, 0.25) is 0 Å². The zero-order chi connectivity index (χ0) is 17.0. The molecule has 2 heterocycles. The van der Waals surface area contributed by atoms with Gasteiger partial charge in [-0.15, -0.1) is 0 Å². The molecule has 0 N–H and O–H groups in total. The van der Waals surface area contributed by atoms with Crippen LogP contribution >= 0.6 is 0 Å². The Bertz CT molecular complexity index is 817. The van der Waals surface area contributed by atoms with Gasteiger partial charge in [-0.05, 0) is 49.4 Å². The van der Waals surface area contributed by atoms with E-state index in [0.717, 1.165) is 12.0 Å². The van der Waals surface area contributed by atoms with E-state index in [4.69, 9.17) is 14.2 Å². The van der Waals surface area contributed by atoms with Crippen LogP contribution in [-0.2, 0) is 30.2 Å². The molecule has 1 fully saturated rings. The van der Waals surface area contributed by atoms with Gasteiger partial charge in [0.25, 0.3) is 6.29 Å². The maximum Gasteiger partial charge on any atom is 0.338 e. The van der Waals surface area contributed by atoms with Gasteiger partial charge in [-0.3, -0.25) is 0 Å². The molecule has 0 saturated carbocycles. The van der Waals surface area contributed by atoms with Gasteiger partial charge in [0.15, 0.2) is 0 Å². The number of ether oxygens (including phenoxy) is 3. The smallest absolute Gasteiger partial charge is 0.338 e. The molecule has 1 aromatic carbocycles. The Morgan fingerprint density at radius 1 is 1.12 bits per heavy atom. The highest BCUT2D eigenvalue weighted by atomic mass is 16.7. The minimum Gasteiger partial charge on any atom is -0.458 e. The summed E-state index contributed by atoms with van der Waals surface area (Å²) in [4.78, 5) is 23.6. The molecule has 124 valence electrons. The number of cyclic esters (lactones) is 1. The summed E-state index contributed by atoms with van der Waals surface area (Å²) in [5, 5.41) is 0. The Kier molecular flexibility index (Phi) is 3.27. The fraction of sp³-hybridized carbons (Fsp3) is 0.368. The second kappa shape index (κ2) is 5.23. The van der Waals surface area contributed by atoms with Crippen LogP contribution in [0.2, 0.25) is 0 Å². The first-order valence-electron chi connectivity index (χ1n) is 8.00. The molecule has 1 aliphatic carbocycles. The van der Waals surface area contributed by atoms with Crippen molar-refractivity contribution < 1.29 is 23.8 Å². The summed E-state index contributed by atoms with van der Waals surface area (Å²) in [6.07, 6.45) is 2.72. The van der Waals surface area contributed by atoms with Gasteiger partial charge in [-0.25, -0.2) is 9.59 Å². The van der Waals surface area contributed by atoms with Gasteiger partial charge in [-0.1, -0.05) is 12.1 Å². The minimum atomic E-state index is -0.774. The van der Waals surface area contributed by atoms with Crippen LogP contribution in [0.3, 0.4) is 0 Å². The molecule has 0 spiro atoms. The number of rotatable bonds is 2. The average molecular weight is 326 g/mol. The molecule has 0 unspecified atom stereocenters. The van der Waals surface area contributed by atoms with E-state index in [-0.39, 0.29) is 18.0 Å². The van der Waals surface area contributed by atoms with Gasteiger partial charge >= 0.3 is 11.9 Å². The Morgan fingerprint density at radius 3 is 2.62 bits per heavy atom. The Balaban J connectivity index is 1.59. The molecule has 3 aliphatic rings. The van der Waals surface area contributed by atoms with E-state index in [9.17, 15) is 9.59 Å². The SMILES string of the molecule is CC1=C[C@H](O/C=C2/C(=O)O[C@@H]3c4c(ccc(C)c4C)C[C@H]23)OC1=O. The number of carbonyl (C=O) groups excluding carboxylic acids is 2. The van der Waals surface area contributed by atoms with Gasteiger partial charge < -0.3 is 14.2 Å². The normalized spacial score (nSPS) is 29.2. The maximum absolute atomic E-state index is 12.2. The van der Waals surface area contributed by atoms with Crippen LogP contribution < -0.4 is 0 Å². The van der Waals surface area contributed by atoms with Crippen molar-refractivity contribution in [3.63, 3.8) is 0 Å². The first-order chi connectivity index (χ1) is 11.5. The van der Waals surface area contributed by atoms with E-state index in [1.807, 2.05) is 0 Å². The molecule has 1 aromatic rings. The third kappa shape index (κ3) is 2.15. The van der Waals surface area contributed by atoms with Crippen LogP contribution in [0.15, 0.2) is 35.6 Å². The summed E-state index contributed by atoms with van der Waals surface area (Å²) >= 11 is 0. The van der Waals surface area contributed by atoms with E-state index >= 15 is 0 Å². The number of fused-ring (bicyclic) bond motifs is 3. The lowest BCUT2D eigenvalue weighted by Crippen LogP contribution is -2.11. The highest BCUT2D eigenvalue weighted by Crippen LogP contribution is 2.49. The van der Waals surface area contributed by atoms with Crippen molar-refractivity contribution in [3.05, 3.63) is 57.9 Å². The zero-order valence-electron chi connectivity index (χ0n) is 13.8. The molecule has 3 atom stereocenters. The largest absolute Gasteiger partial charge is 0.458 e. The van der Waals surface area contributed by atoms with Gasteiger partial charge in [0.05, 0.1) is 11.8 Å². The highest BCUT2D eigenvalue weighted by molar-refractivity contribution is 5.92. The number of aryl methyl sites for hydroxylation is 1. The van der Waals surface area contributed by atoms with Crippen LogP contribution in [0.4, 0.5) is 0 Å². The lowest BCUT2D eigenvalue weighted by molar-refractivity contribution is -0.152. The quantitative estimate of drug-likeness (QED) is 0.475. The monoisotopic (exact) mass is 326 g/mol. The van der Waals surface area contributed by atoms with Crippen molar-refractivity contribution in [2.45, 2.75) is 39.6 Å². The molecule has 1 saturated heterocycles. The summed E-state index contributed by atoms with van der Waals surface area (Å²) in [6, 6.07) is 4.20. The third-order valence-electron chi connectivity index (χ3n) is 5.10. The van der Waals surface area contributed by atoms with E-state index in [2.05, 4.69) is 26.0 Å². The number of benzene rings is 1. The second-order valence-corrected chi connectivity index (χ2v) is 6.55. The van der Waals surface area contributed by atoms with Gasteiger partial charge in [0, 0.05) is 17.6 Å². The number of esters is 2. The van der Waals surface area contributed by atoms with E-state index in [0.29, 0.717) is 11.1 Å². The molecule has 0 aromatic heterocycles. The maximum atomic E-state index is 12.2. The molecule has 24 heavy (non-hydrogen) atoms. The average Bonchev–Trinajstić information content (AvgIpc) is 3.14. The minimum absolute atomic E-state index is 0.0461. The summed E-state index contributed by atoms with van der Waals surface area (Å²) < 4.78 is 16.1. The van der Waals surface area contributed by atoms with Crippen LogP contribution in [0.1, 0.15) is 35.3 Å². The molecule has 0 amide bonds. The fourth-order valence-corrected chi connectivity index (χ4v) is 3.61. The van der Waals surface area contributed by atoms with Crippen molar-refractivity contribution >= 4 is 11.9 Å². The molecule has 0 bridgehead atoms. The number of hydrogen-bond acceptors (Lipinski definition) is 5. The lowest BCUT2D eigenvalue weighted by atomic mass is 9.96. The molecule has 5 nitrogen and oxygen atoms in total. The van der Waals surface area contributed by atoms with Crippen molar-refractivity contribution in [3.8, 4) is 0 Å². The molecular formula is C19H18O5. The molecular weight excluding hydrogens is 308 g/mol. The van der Waals surface area contributed by atoms with Crippen molar-refractivity contribution in [1.29, 1.82) is 0 Å². The third-order valence-corrected chi connectivity index (χ3v) is 5.10. The topological polar surface area (TPSA) is 61.8 Å². The number of carbonyl (C=O) groups is 2. The van der Waals surface area contributed by atoms with E-state index in [1.165, 1.54) is 23.0 Å². The van der Waals surface area contributed by atoms with Crippen molar-refractivity contribution in [2.75, 3.05) is 0 Å². The Morgan fingerprint density at radius 2 is 1.92 bits per heavy atom. The molecule has 4 rings (SSSR count). The summed E-state index contributed by atoms with van der Waals surface area (Å²) in [6.45, 7) is 5.79. The van der Waals surface area contributed by atoms with Crippen LogP contribution in [0.25, 0.3) is 0 Å². The van der Waals surface area contributed by atoms with Gasteiger partial charge in [0.1, 0.15) is 6.10 Å². The van der Waals surface area contributed by atoms with Crippen molar-refractivity contribution in [2.24, 2.45) is 5.92 Å². The highest BCUT2D eigenvalue weighted by Gasteiger charge is 2.47. The Labute approximate surface area is 139 Å². The first kappa shape index (κ1) is 15.0. The number of hydrogen-bond donors (Lipinski definition) is 0. The molecule has 0 radical (unpaired) electrons. The standard InChI is InChI=1S/C19H18O5/c1-9-4-5-12-7-13-14(8-22-15-6-10(2)18(20)23-15)19(21)24-17(13)16(12)11(9)3/h4-6,8,13,15,17H,7H2,1-3H3/b14-8+/t13-,15-,17+/m1/s1. The molecule has 5 heteroatoms. The fourth-order valence-electron chi connectivity index (χ4n) is 3.61. The molecule has 2 aliphatic heterocycles. The summed E-state index contributed by atoms with van der Waals surface area (Å²) in [7, 11) is 0. The van der Waals surface area contributed by atoms with Crippen LogP contribution in [0.5, 0.6) is 0 Å². The lowest BCUT2D eigenvalue weighted by Gasteiger charge is -2.13. The Hall–Kier alpha value is -2.56. The second-order valence-electron chi connectivity index (χ2n) is 6.55.